The van der Waals surface area contributed by atoms with E-state index in [1.165, 1.54) is 0 Å². The molecule has 1 aliphatic heterocycles. The van der Waals surface area contributed by atoms with Crippen LogP contribution in [0.1, 0.15) is 15.4 Å². The van der Waals surface area contributed by atoms with Crippen LogP contribution >= 0.6 is 11.3 Å². The van der Waals surface area contributed by atoms with Crippen LogP contribution in [0.15, 0.2) is 42.9 Å². The third-order valence-corrected chi connectivity index (χ3v) is 5.51. The molecule has 0 fully saturated rings. The minimum absolute atomic E-state index is 0.0898. The van der Waals surface area contributed by atoms with Crippen molar-refractivity contribution < 1.29 is 9.53 Å². The number of benzene rings is 1. The van der Waals surface area contributed by atoms with Crippen LogP contribution in [0.5, 0.6) is 0 Å². The molecule has 3 heterocycles. The summed E-state index contributed by atoms with van der Waals surface area (Å²) in [7, 11) is 1.71. The molecule has 0 saturated heterocycles. The zero-order chi connectivity index (χ0) is 16.5. The van der Waals surface area contributed by atoms with Crippen LogP contribution < -0.4 is 0 Å². The van der Waals surface area contributed by atoms with Crippen LogP contribution in [-0.2, 0) is 17.8 Å². The molecule has 24 heavy (non-hydrogen) atoms. The molecule has 5 nitrogen and oxygen atoms in total. The first-order valence-corrected chi connectivity index (χ1v) is 8.82. The molecule has 3 aromatic rings. The van der Waals surface area contributed by atoms with E-state index in [2.05, 4.69) is 15.6 Å². The fourth-order valence-corrected chi connectivity index (χ4v) is 4.32. The largest absolute Gasteiger partial charge is 0.384 e. The Labute approximate surface area is 144 Å². The van der Waals surface area contributed by atoms with Crippen LogP contribution in [0.3, 0.4) is 0 Å². The lowest BCUT2D eigenvalue weighted by Gasteiger charge is -2.23. The monoisotopic (exact) mass is 341 g/mol. The minimum atomic E-state index is 0.0898. The summed E-state index contributed by atoms with van der Waals surface area (Å²) in [5, 5.41) is 1.12. The van der Waals surface area contributed by atoms with Gasteiger partial charge in [-0.05, 0) is 17.5 Å². The highest BCUT2D eigenvalue weighted by atomic mass is 32.1. The van der Waals surface area contributed by atoms with Gasteiger partial charge in [0.05, 0.1) is 30.1 Å². The van der Waals surface area contributed by atoms with E-state index >= 15 is 0 Å². The van der Waals surface area contributed by atoms with Gasteiger partial charge in [0.2, 0.25) is 0 Å². The molecule has 0 radical (unpaired) electrons. The smallest absolute Gasteiger partial charge is 0.264 e. The molecule has 0 aliphatic carbocycles. The lowest BCUT2D eigenvalue weighted by atomic mass is 10.1. The Morgan fingerprint density at radius 1 is 1.38 bits per heavy atom. The minimum Gasteiger partial charge on any atom is -0.384 e. The van der Waals surface area contributed by atoms with E-state index in [1.54, 1.807) is 18.4 Å². The number of methoxy groups -OCH3 is 1. The van der Waals surface area contributed by atoms with Gasteiger partial charge in [-0.15, -0.1) is 11.3 Å². The maximum atomic E-state index is 13.1. The Kier molecular flexibility index (Phi) is 4.08. The number of imidazole rings is 1. The number of hydrogen-bond acceptors (Lipinski definition) is 4. The average molecular weight is 341 g/mol. The molecule has 124 valence electrons. The molecule has 2 aromatic heterocycles. The predicted molar refractivity (Wildman–Crippen MR) is 94.2 cm³/mol. The van der Waals surface area contributed by atoms with Crippen molar-refractivity contribution in [2.75, 3.05) is 20.3 Å². The molecule has 0 bridgehead atoms. The van der Waals surface area contributed by atoms with Gasteiger partial charge in [0.1, 0.15) is 0 Å². The maximum Gasteiger partial charge on any atom is 0.264 e. The topological polar surface area (TPSA) is 47.4 Å². The van der Waals surface area contributed by atoms with E-state index in [0.29, 0.717) is 19.7 Å². The van der Waals surface area contributed by atoms with Gasteiger partial charge >= 0.3 is 0 Å². The van der Waals surface area contributed by atoms with Gasteiger partial charge in [0.25, 0.3) is 5.91 Å². The van der Waals surface area contributed by atoms with Crippen molar-refractivity contribution in [2.24, 2.45) is 5.92 Å². The maximum absolute atomic E-state index is 13.1. The first-order chi connectivity index (χ1) is 11.7. The number of rotatable bonds is 3. The van der Waals surface area contributed by atoms with Crippen molar-refractivity contribution in [3.05, 3.63) is 53.4 Å². The second-order valence-corrected chi connectivity index (χ2v) is 7.28. The van der Waals surface area contributed by atoms with Crippen LogP contribution in [0.25, 0.3) is 10.1 Å². The Morgan fingerprint density at radius 2 is 2.25 bits per heavy atom. The molecule has 0 spiro atoms. The molecule has 0 unspecified atom stereocenters. The number of ether oxygens (including phenoxy) is 1. The molecule has 1 aliphatic rings. The molecule has 0 saturated carbocycles. The van der Waals surface area contributed by atoms with Crippen molar-refractivity contribution in [1.82, 2.24) is 14.5 Å². The number of hydrogen-bond donors (Lipinski definition) is 0. The van der Waals surface area contributed by atoms with Crippen molar-refractivity contribution in [3.63, 3.8) is 0 Å². The fraction of sp³-hybridized carbons (Fsp3) is 0.333. The standard InChI is InChI=1S/C18H19N3O2S/c1-23-11-13-8-20(10-15-7-19-12-21(15)9-13)18(22)17-6-14-4-2-3-5-16(14)24-17/h2-7,12-13H,8-11H2,1H3/t13-/m1/s1. The van der Waals surface area contributed by atoms with Crippen LogP contribution in [0, 0.1) is 5.92 Å². The first kappa shape index (κ1) is 15.4. The summed E-state index contributed by atoms with van der Waals surface area (Å²) in [4.78, 5) is 20.0. The summed E-state index contributed by atoms with van der Waals surface area (Å²) in [6.07, 6.45) is 3.69. The predicted octanol–water partition coefficient (Wildman–Crippen LogP) is 3.02. The van der Waals surface area contributed by atoms with Gasteiger partial charge in [0, 0.05) is 37.0 Å². The second-order valence-electron chi connectivity index (χ2n) is 6.19. The zero-order valence-corrected chi connectivity index (χ0v) is 14.3. The number of aromatic nitrogens is 2. The Hall–Kier alpha value is -2.18. The highest BCUT2D eigenvalue weighted by Gasteiger charge is 2.26. The second kappa shape index (κ2) is 6.37. The quantitative estimate of drug-likeness (QED) is 0.736. The van der Waals surface area contributed by atoms with E-state index in [9.17, 15) is 4.79 Å². The number of carbonyl (C=O) groups excluding carboxylic acids is 1. The number of fused-ring (bicyclic) bond motifs is 2. The van der Waals surface area contributed by atoms with Gasteiger partial charge in [-0.2, -0.15) is 0 Å². The fourth-order valence-electron chi connectivity index (χ4n) is 3.29. The third kappa shape index (κ3) is 2.83. The van der Waals surface area contributed by atoms with E-state index in [-0.39, 0.29) is 11.8 Å². The van der Waals surface area contributed by atoms with E-state index in [0.717, 1.165) is 27.2 Å². The third-order valence-electron chi connectivity index (χ3n) is 4.41. The van der Waals surface area contributed by atoms with Crippen LogP contribution in [0.4, 0.5) is 0 Å². The summed E-state index contributed by atoms with van der Waals surface area (Å²) in [5.41, 5.74) is 1.07. The summed E-state index contributed by atoms with van der Waals surface area (Å²) < 4.78 is 8.62. The van der Waals surface area contributed by atoms with Crippen molar-refractivity contribution in [1.29, 1.82) is 0 Å². The lowest BCUT2D eigenvalue weighted by Crippen LogP contribution is -2.34. The van der Waals surface area contributed by atoms with E-state index < -0.39 is 0 Å². The Bertz CT molecular complexity index is 837. The van der Waals surface area contributed by atoms with Gasteiger partial charge < -0.3 is 14.2 Å². The van der Waals surface area contributed by atoms with Gasteiger partial charge in [-0.3, -0.25) is 4.79 Å². The highest BCUT2D eigenvalue weighted by Crippen LogP contribution is 2.28. The Balaban J connectivity index is 1.64. The molecule has 0 N–H and O–H groups in total. The number of carbonyl (C=O) groups is 1. The van der Waals surface area contributed by atoms with E-state index in [1.807, 2.05) is 41.7 Å². The summed E-state index contributed by atoms with van der Waals surface area (Å²) in [5.74, 6) is 0.357. The lowest BCUT2D eigenvalue weighted by molar-refractivity contribution is 0.0672. The highest BCUT2D eigenvalue weighted by molar-refractivity contribution is 7.20. The summed E-state index contributed by atoms with van der Waals surface area (Å²) >= 11 is 1.56. The van der Waals surface area contributed by atoms with Gasteiger partial charge in [-0.1, -0.05) is 18.2 Å². The molecular formula is C18H19N3O2S. The average Bonchev–Trinajstić information content (AvgIpc) is 3.17. The molecule has 1 amide bonds. The summed E-state index contributed by atoms with van der Waals surface area (Å²) in [6, 6.07) is 10.1. The number of amides is 1. The number of nitrogens with zero attached hydrogens (tertiary/aromatic N) is 3. The number of thiophene rings is 1. The summed E-state index contributed by atoms with van der Waals surface area (Å²) in [6.45, 7) is 2.75. The van der Waals surface area contributed by atoms with Crippen molar-refractivity contribution >= 4 is 27.3 Å². The molecule has 4 rings (SSSR count). The van der Waals surface area contributed by atoms with Crippen LogP contribution in [0.2, 0.25) is 0 Å². The molecule has 6 heteroatoms. The van der Waals surface area contributed by atoms with Gasteiger partial charge in [0.15, 0.2) is 0 Å². The van der Waals surface area contributed by atoms with E-state index in [4.69, 9.17) is 4.74 Å². The molecular weight excluding hydrogens is 322 g/mol. The normalized spacial score (nSPS) is 17.7. The van der Waals surface area contributed by atoms with Crippen LogP contribution in [-0.4, -0.2) is 40.6 Å². The van der Waals surface area contributed by atoms with Gasteiger partial charge in [-0.25, -0.2) is 4.98 Å². The van der Waals surface area contributed by atoms with Crippen molar-refractivity contribution in [2.45, 2.75) is 13.1 Å². The van der Waals surface area contributed by atoms with Crippen molar-refractivity contribution in [3.8, 4) is 0 Å². The zero-order valence-electron chi connectivity index (χ0n) is 13.5. The Morgan fingerprint density at radius 3 is 3.08 bits per heavy atom. The molecule has 1 aromatic carbocycles. The molecule has 1 atom stereocenters. The first-order valence-electron chi connectivity index (χ1n) is 8.00. The SMILES string of the molecule is COC[C@@H]1CN(C(=O)c2cc3ccccc3s2)Cc2cncn2C1.